The monoisotopic (exact) mass is 281 g/mol. The van der Waals surface area contributed by atoms with Crippen LogP contribution >= 0.6 is 0 Å². The Kier molecular flexibility index (Phi) is 4.68. The second kappa shape index (κ2) is 6.12. The minimum absolute atomic E-state index is 0.0177. The normalized spacial score (nSPS) is 24.8. The molecule has 1 atom stereocenters. The molecule has 0 aromatic carbocycles. The molecule has 0 spiro atoms. The topological polar surface area (TPSA) is 52.7 Å². The standard InChI is InChI=1S/C15H27N3O2/c1-15(2,14(20)16-3)18-11-7-8-12(18)13(19)17-9-5-4-6-10-17/h12H,4-11H2,1-3H3,(H,16,20)/t12-/m0/s1. The number of piperidine rings is 1. The van der Waals surface area contributed by atoms with E-state index < -0.39 is 5.54 Å². The van der Waals surface area contributed by atoms with Gasteiger partial charge < -0.3 is 10.2 Å². The Morgan fingerprint density at radius 2 is 1.70 bits per heavy atom. The van der Waals surface area contributed by atoms with Gasteiger partial charge in [-0.3, -0.25) is 14.5 Å². The lowest BCUT2D eigenvalue weighted by Crippen LogP contribution is -2.59. The molecule has 2 aliphatic heterocycles. The van der Waals surface area contributed by atoms with Gasteiger partial charge in [0, 0.05) is 26.7 Å². The fourth-order valence-corrected chi connectivity index (χ4v) is 3.45. The fraction of sp³-hybridized carbons (Fsp3) is 0.867. The molecule has 2 saturated heterocycles. The summed E-state index contributed by atoms with van der Waals surface area (Å²) in [6.07, 6.45) is 5.30. The van der Waals surface area contributed by atoms with E-state index in [2.05, 4.69) is 10.2 Å². The van der Waals surface area contributed by atoms with E-state index >= 15 is 0 Å². The number of hydrogen-bond acceptors (Lipinski definition) is 3. The van der Waals surface area contributed by atoms with Crippen LogP contribution in [0.2, 0.25) is 0 Å². The smallest absolute Gasteiger partial charge is 0.239 e. The van der Waals surface area contributed by atoms with E-state index in [1.54, 1.807) is 7.05 Å². The van der Waals surface area contributed by atoms with Gasteiger partial charge in [0.1, 0.15) is 0 Å². The Labute approximate surface area is 121 Å². The summed E-state index contributed by atoms with van der Waals surface area (Å²) in [6, 6.07) is -0.125. The molecule has 0 aliphatic carbocycles. The van der Waals surface area contributed by atoms with Gasteiger partial charge in [0.05, 0.1) is 11.6 Å². The molecule has 5 heteroatoms. The molecule has 114 valence electrons. The van der Waals surface area contributed by atoms with Gasteiger partial charge in [-0.2, -0.15) is 0 Å². The van der Waals surface area contributed by atoms with Crippen LogP contribution in [0.25, 0.3) is 0 Å². The molecule has 0 unspecified atom stereocenters. The third kappa shape index (κ3) is 2.82. The lowest BCUT2D eigenvalue weighted by Gasteiger charge is -2.39. The van der Waals surface area contributed by atoms with Crippen LogP contribution in [0.3, 0.4) is 0 Å². The maximum absolute atomic E-state index is 12.7. The van der Waals surface area contributed by atoms with E-state index in [-0.39, 0.29) is 17.9 Å². The first-order valence-electron chi connectivity index (χ1n) is 7.76. The summed E-state index contributed by atoms with van der Waals surface area (Å²) in [7, 11) is 1.65. The molecule has 0 radical (unpaired) electrons. The Morgan fingerprint density at radius 1 is 1.05 bits per heavy atom. The van der Waals surface area contributed by atoms with Crippen LogP contribution in [0.15, 0.2) is 0 Å². The molecular weight excluding hydrogens is 254 g/mol. The summed E-state index contributed by atoms with van der Waals surface area (Å²) in [6.45, 7) is 6.40. The Hall–Kier alpha value is -1.10. The molecule has 0 bridgehead atoms. The molecule has 2 aliphatic rings. The Balaban J connectivity index is 2.10. The number of amides is 2. The third-order valence-corrected chi connectivity index (χ3v) is 4.71. The molecule has 0 aromatic rings. The lowest BCUT2D eigenvalue weighted by molar-refractivity contribution is -0.142. The van der Waals surface area contributed by atoms with Crippen molar-refractivity contribution in [3.05, 3.63) is 0 Å². The molecule has 2 rings (SSSR count). The Morgan fingerprint density at radius 3 is 2.30 bits per heavy atom. The van der Waals surface area contributed by atoms with E-state index in [0.717, 1.165) is 45.3 Å². The second-order valence-corrected chi connectivity index (χ2v) is 6.38. The molecule has 2 heterocycles. The first kappa shape index (κ1) is 15.3. The number of likely N-dealkylation sites (N-methyl/N-ethyl adjacent to an activating group) is 1. The Bertz CT molecular complexity index is 375. The molecule has 0 saturated carbocycles. The molecule has 1 N–H and O–H groups in total. The van der Waals surface area contributed by atoms with E-state index in [9.17, 15) is 9.59 Å². The average molecular weight is 281 g/mol. The predicted molar refractivity (Wildman–Crippen MR) is 78.3 cm³/mol. The maximum Gasteiger partial charge on any atom is 0.239 e. The fourth-order valence-electron chi connectivity index (χ4n) is 3.45. The number of carbonyl (C=O) groups is 2. The number of rotatable bonds is 3. The SMILES string of the molecule is CNC(=O)C(C)(C)N1CCC[C@H]1C(=O)N1CCCCC1. The van der Waals surface area contributed by atoms with Gasteiger partial charge in [-0.15, -0.1) is 0 Å². The van der Waals surface area contributed by atoms with Crippen molar-refractivity contribution < 1.29 is 9.59 Å². The summed E-state index contributed by atoms with van der Waals surface area (Å²) in [4.78, 5) is 28.9. The minimum Gasteiger partial charge on any atom is -0.358 e. The van der Waals surface area contributed by atoms with E-state index in [0.29, 0.717) is 0 Å². The zero-order valence-electron chi connectivity index (χ0n) is 12.9. The van der Waals surface area contributed by atoms with Crippen LogP contribution in [0, 0.1) is 0 Å². The van der Waals surface area contributed by atoms with Crippen molar-refractivity contribution in [3.8, 4) is 0 Å². The summed E-state index contributed by atoms with van der Waals surface area (Å²) in [5.41, 5.74) is -0.624. The van der Waals surface area contributed by atoms with Gasteiger partial charge >= 0.3 is 0 Å². The van der Waals surface area contributed by atoms with Gasteiger partial charge in [0.25, 0.3) is 0 Å². The highest BCUT2D eigenvalue weighted by Crippen LogP contribution is 2.29. The van der Waals surface area contributed by atoms with Crippen LogP contribution in [-0.4, -0.2) is 59.9 Å². The third-order valence-electron chi connectivity index (χ3n) is 4.71. The largest absolute Gasteiger partial charge is 0.358 e. The van der Waals surface area contributed by atoms with E-state index in [1.165, 1.54) is 6.42 Å². The lowest BCUT2D eigenvalue weighted by atomic mass is 9.99. The van der Waals surface area contributed by atoms with Gasteiger partial charge in [-0.25, -0.2) is 0 Å². The van der Waals surface area contributed by atoms with Crippen molar-refractivity contribution in [1.29, 1.82) is 0 Å². The molecule has 20 heavy (non-hydrogen) atoms. The van der Waals surface area contributed by atoms with Crippen LogP contribution in [-0.2, 0) is 9.59 Å². The van der Waals surface area contributed by atoms with Crippen molar-refractivity contribution in [2.24, 2.45) is 0 Å². The molecular formula is C15H27N3O2. The van der Waals surface area contributed by atoms with Crippen molar-refractivity contribution in [2.75, 3.05) is 26.7 Å². The van der Waals surface area contributed by atoms with Gasteiger partial charge in [-0.1, -0.05) is 0 Å². The number of likely N-dealkylation sites (tertiary alicyclic amines) is 2. The highest BCUT2D eigenvalue weighted by molar-refractivity contribution is 5.88. The van der Waals surface area contributed by atoms with E-state index in [1.807, 2.05) is 18.7 Å². The van der Waals surface area contributed by atoms with Gasteiger partial charge in [-0.05, 0) is 46.0 Å². The summed E-state index contributed by atoms with van der Waals surface area (Å²) in [5.74, 6) is 0.204. The first-order valence-corrected chi connectivity index (χ1v) is 7.76. The van der Waals surface area contributed by atoms with Crippen LogP contribution in [0.4, 0.5) is 0 Å². The van der Waals surface area contributed by atoms with Crippen LogP contribution < -0.4 is 5.32 Å². The molecule has 5 nitrogen and oxygen atoms in total. The summed E-state index contributed by atoms with van der Waals surface area (Å²) in [5, 5.41) is 2.72. The number of carbonyl (C=O) groups excluding carboxylic acids is 2. The quantitative estimate of drug-likeness (QED) is 0.839. The minimum atomic E-state index is -0.624. The molecule has 0 aromatic heterocycles. The van der Waals surface area contributed by atoms with Crippen molar-refractivity contribution in [2.45, 2.75) is 57.5 Å². The van der Waals surface area contributed by atoms with Crippen molar-refractivity contribution >= 4 is 11.8 Å². The summed E-state index contributed by atoms with van der Waals surface area (Å²) >= 11 is 0. The predicted octanol–water partition coefficient (Wildman–Crippen LogP) is 0.988. The zero-order valence-corrected chi connectivity index (χ0v) is 12.9. The zero-order chi connectivity index (χ0) is 14.8. The van der Waals surface area contributed by atoms with Crippen LogP contribution in [0.5, 0.6) is 0 Å². The molecule has 2 amide bonds. The summed E-state index contributed by atoms with van der Waals surface area (Å²) < 4.78 is 0. The molecule has 2 fully saturated rings. The first-order chi connectivity index (χ1) is 9.48. The maximum atomic E-state index is 12.7. The van der Waals surface area contributed by atoms with Crippen LogP contribution in [0.1, 0.15) is 46.0 Å². The van der Waals surface area contributed by atoms with Gasteiger partial charge in [0.2, 0.25) is 11.8 Å². The van der Waals surface area contributed by atoms with Gasteiger partial charge in [0.15, 0.2) is 0 Å². The average Bonchev–Trinajstić information content (AvgIpc) is 2.96. The highest BCUT2D eigenvalue weighted by atomic mass is 16.2. The van der Waals surface area contributed by atoms with Crippen molar-refractivity contribution in [3.63, 3.8) is 0 Å². The number of nitrogens with one attached hydrogen (secondary N) is 1. The number of hydrogen-bond donors (Lipinski definition) is 1. The second-order valence-electron chi connectivity index (χ2n) is 6.38. The highest BCUT2D eigenvalue weighted by Gasteiger charge is 2.44. The number of nitrogens with zero attached hydrogens (tertiary/aromatic N) is 2. The van der Waals surface area contributed by atoms with Crippen molar-refractivity contribution in [1.82, 2.24) is 15.1 Å². The van der Waals surface area contributed by atoms with E-state index in [4.69, 9.17) is 0 Å².